The number of likely N-dealkylation sites (tertiary alicyclic amines) is 2. The van der Waals surface area contributed by atoms with Crippen molar-refractivity contribution >= 4 is 17.9 Å². The maximum absolute atomic E-state index is 13.1. The van der Waals surface area contributed by atoms with Crippen LogP contribution in [0.1, 0.15) is 51.4 Å². The summed E-state index contributed by atoms with van der Waals surface area (Å²) in [5.41, 5.74) is 0.00128. The van der Waals surface area contributed by atoms with Crippen molar-refractivity contribution in [1.82, 2.24) is 20.4 Å². The molecule has 0 aromatic heterocycles. The number of hydrogen-bond acceptors (Lipinski definition) is 6. The molecule has 3 saturated heterocycles. The van der Waals surface area contributed by atoms with Crippen molar-refractivity contribution in [2.75, 3.05) is 33.2 Å². The summed E-state index contributed by atoms with van der Waals surface area (Å²) in [6, 6.07) is 0.753. The van der Waals surface area contributed by atoms with Crippen molar-refractivity contribution in [3.05, 3.63) is 0 Å². The van der Waals surface area contributed by atoms with Gasteiger partial charge in [0.1, 0.15) is 18.2 Å². The minimum Gasteiger partial charge on any atom is -0.446 e. The van der Waals surface area contributed by atoms with Crippen LogP contribution in [0.15, 0.2) is 0 Å². The molecule has 2 N–H and O–H groups in total. The van der Waals surface area contributed by atoms with Gasteiger partial charge in [0, 0.05) is 32.1 Å². The highest BCUT2D eigenvalue weighted by Crippen LogP contribution is 2.50. The molecule has 4 fully saturated rings. The van der Waals surface area contributed by atoms with Gasteiger partial charge in [0.25, 0.3) is 0 Å². The fourth-order valence-corrected chi connectivity index (χ4v) is 5.40. The second-order valence-corrected chi connectivity index (χ2v) is 9.79. The van der Waals surface area contributed by atoms with Crippen LogP contribution >= 0.6 is 0 Å². The average Bonchev–Trinajstić information content (AvgIpc) is 3.33. The Morgan fingerprint density at radius 2 is 2.06 bits per heavy atom. The molecule has 9 heteroatoms. The van der Waals surface area contributed by atoms with Crippen LogP contribution in [0.4, 0.5) is 4.79 Å². The van der Waals surface area contributed by atoms with E-state index in [1.165, 1.54) is 0 Å². The van der Waals surface area contributed by atoms with Crippen LogP contribution in [0.3, 0.4) is 0 Å². The van der Waals surface area contributed by atoms with Gasteiger partial charge < -0.3 is 20.3 Å². The van der Waals surface area contributed by atoms with Crippen LogP contribution in [-0.2, 0) is 14.3 Å². The van der Waals surface area contributed by atoms with Gasteiger partial charge in [-0.15, -0.1) is 0 Å². The van der Waals surface area contributed by atoms with Crippen LogP contribution in [0.25, 0.3) is 0 Å². The van der Waals surface area contributed by atoms with E-state index in [1.54, 1.807) is 4.90 Å². The molecule has 4 aliphatic rings. The number of rotatable bonds is 5. The highest BCUT2D eigenvalue weighted by Gasteiger charge is 2.52. The smallest absolute Gasteiger partial charge is 0.410 e. The molecule has 9 nitrogen and oxygen atoms in total. The van der Waals surface area contributed by atoms with Crippen LogP contribution in [-0.4, -0.2) is 79.1 Å². The summed E-state index contributed by atoms with van der Waals surface area (Å²) in [6.07, 6.45) is 5.81. The van der Waals surface area contributed by atoms with Gasteiger partial charge >= 0.3 is 6.09 Å². The van der Waals surface area contributed by atoms with Crippen molar-refractivity contribution in [3.8, 4) is 6.07 Å². The lowest BCUT2D eigenvalue weighted by molar-refractivity contribution is -0.127. The monoisotopic (exact) mass is 431 g/mol. The Hall–Kier alpha value is -2.34. The van der Waals surface area contributed by atoms with Crippen molar-refractivity contribution in [2.45, 2.75) is 69.6 Å². The first-order valence-corrected chi connectivity index (χ1v) is 11.5. The van der Waals surface area contributed by atoms with Crippen molar-refractivity contribution in [1.29, 1.82) is 5.26 Å². The van der Waals surface area contributed by atoms with Gasteiger partial charge in [-0.1, -0.05) is 6.42 Å². The van der Waals surface area contributed by atoms with E-state index in [0.717, 1.165) is 45.2 Å². The SMILES string of the molecule is CN1CCC(OC(=O)N2CC3(CCC3)CC2C(=O)N[C@H](C#N)C[C@@H]2CCNC2=O)CC1. The lowest BCUT2D eigenvalue weighted by Crippen LogP contribution is -2.50. The predicted molar refractivity (Wildman–Crippen MR) is 112 cm³/mol. The molecule has 1 aliphatic carbocycles. The summed E-state index contributed by atoms with van der Waals surface area (Å²) in [5.74, 6) is -0.627. The van der Waals surface area contributed by atoms with Gasteiger partial charge in [-0.2, -0.15) is 5.26 Å². The molecule has 0 radical (unpaired) electrons. The molecule has 3 aliphatic heterocycles. The summed E-state index contributed by atoms with van der Waals surface area (Å²) in [5, 5.41) is 15.1. The first kappa shape index (κ1) is 21.9. The summed E-state index contributed by atoms with van der Waals surface area (Å²) >= 11 is 0. The van der Waals surface area contributed by atoms with E-state index in [1.807, 2.05) is 0 Å². The molecule has 31 heavy (non-hydrogen) atoms. The van der Waals surface area contributed by atoms with Gasteiger partial charge in [-0.05, 0) is 57.4 Å². The number of nitriles is 1. The minimum atomic E-state index is -0.744. The van der Waals surface area contributed by atoms with Crippen molar-refractivity contribution in [2.24, 2.45) is 11.3 Å². The number of nitrogens with one attached hydrogen (secondary N) is 2. The molecule has 1 spiro atoms. The fraction of sp³-hybridized carbons (Fsp3) is 0.818. The van der Waals surface area contributed by atoms with Gasteiger partial charge in [-0.25, -0.2) is 4.79 Å². The first-order valence-electron chi connectivity index (χ1n) is 11.5. The first-order chi connectivity index (χ1) is 14.9. The maximum Gasteiger partial charge on any atom is 0.410 e. The highest BCUT2D eigenvalue weighted by atomic mass is 16.6. The van der Waals surface area contributed by atoms with E-state index in [9.17, 15) is 19.6 Å². The second kappa shape index (κ2) is 9.03. The van der Waals surface area contributed by atoms with E-state index in [4.69, 9.17) is 4.74 Å². The summed E-state index contributed by atoms with van der Waals surface area (Å²) in [7, 11) is 2.06. The van der Waals surface area contributed by atoms with E-state index < -0.39 is 18.2 Å². The third-order valence-electron chi connectivity index (χ3n) is 7.55. The van der Waals surface area contributed by atoms with Gasteiger partial charge in [0.05, 0.1) is 6.07 Å². The predicted octanol–water partition coefficient (Wildman–Crippen LogP) is 0.996. The molecule has 1 unspecified atom stereocenters. The van der Waals surface area contributed by atoms with Crippen LogP contribution in [0, 0.1) is 22.7 Å². The van der Waals surface area contributed by atoms with Crippen molar-refractivity contribution in [3.63, 3.8) is 0 Å². The molecule has 3 heterocycles. The van der Waals surface area contributed by atoms with Gasteiger partial charge in [-0.3, -0.25) is 14.5 Å². The molecule has 0 aromatic rings. The zero-order valence-corrected chi connectivity index (χ0v) is 18.3. The van der Waals surface area contributed by atoms with Crippen molar-refractivity contribution < 1.29 is 19.1 Å². The Balaban J connectivity index is 1.39. The van der Waals surface area contributed by atoms with E-state index >= 15 is 0 Å². The zero-order chi connectivity index (χ0) is 22.0. The van der Waals surface area contributed by atoms with Gasteiger partial charge in [0.15, 0.2) is 0 Å². The normalized spacial score (nSPS) is 29.2. The highest BCUT2D eigenvalue weighted by molar-refractivity contribution is 5.87. The molecule has 3 atom stereocenters. The Bertz CT molecular complexity index is 753. The van der Waals surface area contributed by atoms with Crippen LogP contribution < -0.4 is 10.6 Å². The topological polar surface area (TPSA) is 115 Å². The number of carbonyl (C=O) groups is 3. The third kappa shape index (κ3) is 4.79. The average molecular weight is 432 g/mol. The Morgan fingerprint density at radius 3 is 2.65 bits per heavy atom. The molecule has 170 valence electrons. The molecular formula is C22H33N5O4. The van der Waals surface area contributed by atoms with E-state index in [0.29, 0.717) is 32.4 Å². The summed E-state index contributed by atoms with van der Waals surface area (Å²) in [4.78, 5) is 41.8. The lowest BCUT2D eigenvalue weighted by atomic mass is 9.67. The number of hydrogen-bond donors (Lipinski definition) is 2. The number of ether oxygens (including phenoxy) is 1. The Labute approximate surface area is 183 Å². The lowest BCUT2D eigenvalue weighted by Gasteiger charge is -2.37. The zero-order valence-electron chi connectivity index (χ0n) is 18.3. The van der Waals surface area contributed by atoms with E-state index in [2.05, 4.69) is 28.7 Å². The maximum atomic E-state index is 13.1. The second-order valence-electron chi connectivity index (χ2n) is 9.79. The van der Waals surface area contributed by atoms with Crippen LogP contribution in [0.5, 0.6) is 0 Å². The fourth-order valence-electron chi connectivity index (χ4n) is 5.40. The van der Waals surface area contributed by atoms with E-state index in [-0.39, 0.29) is 29.3 Å². The molecular weight excluding hydrogens is 398 g/mol. The molecule has 0 aromatic carbocycles. The molecule has 0 bridgehead atoms. The minimum absolute atomic E-state index is 0.00128. The number of carbonyl (C=O) groups excluding carboxylic acids is 3. The summed E-state index contributed by atoms with van der Waals surface area (Å²) < 4.78 is 5.78. The quantitative estimate of drug-likeness (QED) is 0.671. The molecule has 4 rings (SSSR count). The summed E-state index contributed by atoms with van der Waals surface area (Å²) in [6.45, 7) is 2.94. The van der Waals surface area contributed by atoms with Gasteiger partial charge in [0.2, 0.25) is 11.8 Å². The van der Waals surface area contributed by atoms with Crippen LogP contribution in [0.2, 0.25) is 0 Å². The molecule has 1 saturated carbocycles. The number of nitrogens with zero attached hydrogens (tertiary/aromatic N) is 3. The number of piperidine rings is 1. The Morgan fingerprint density at radius 1 is 1.32 bits per heavy atom. The standard InChI is InChI=1S/C22H33N5O4/c1-26-9-4-17(5-10-26)31-21(30)27-14-22(6-2-7-22)12-18(27)20(29)25-16(13-23)11-15-3-8-24-19(15)28/h15-18H,2-12,14H2,1H3,(H,24,28)(H,25,29)/t15-,16-,18?/m0/s1. The third-order valence-corrected chi connectivity index (χ3v) is 7.55. The molecule has 3 amide bonds. The largest absolute Gasteiger partial charge is 0.446 e. The number of amides is 3. The Kier molecular flexibility index (Phi) is 6.37.